The molecule has 3 aromatic rings. The molecule has 0 fully saturated rings. The summed E-state index contributed by atoms with van der Waals surface area (Å²) in [6.45, 7) is 2.74. The second-order valence-electron chi connectivity index (χ2n) is 7.19. The third kappa shape index (κ3) is 4.50. The van der Waals surface area contributed by atoms with E-state index in [1.54, 1.807) is 7.11 Å². The van der Waals surface area contributed by atoms with Crippen LogP contribution in [-0.2, 0) is 4.79 Å². The number of amides is 1. The summed E-state index contributed by atoms with van der Waals surface area (Å²) in [7, 11) is 1.58. The Labute approximate surface area is 190 Å². The van der Waals surface area contributed by atoms with Gasteiger partial charge in [-0.15, -0.1) is 10.2 Å². The highest BCUT2D eigenvalue weighted by Crippen LogP contribution is 2.40. The fourth-order valence-electron chi connectivity index (χ4n) is 3.44. The van der Waals surface area contributed by atoms with E-state index in [0.29, 0.717) is 28.3 Å². The number of unbranched alkanes of at least 4 members (excludes halogenated alkanes) is 1. The van der Waals surface area contributed by atoms with E-state index in [0.717, 1.165) is 24.0 Å². The third-order valence-corrected chi connectivity index (χ3v) is 6.60. The number of nitrogens with zero attached hydrogens (tertiary/aromatic N) is 3. The molecule has 0 aliphatic carbocycles. The van der Waals surface area contributed by atoms with E-state index in [4.69, 9.17) is 16.3 Å². The molecule has 0 saturated heterocycles. The van der Waals surface area contributed by atoms with Crippen molar-refractivity contribution in [2.75, 3.05) is 19.1 Å². The van der Waals surface area contributed by atoms with Gasteiger partial charge in [0.25, 0.3) is 0 Å². The van der Waals surface area contributed by atoms with Crippen LogP contribution in [0.5, 0.6) is 5.75 Å². The number of thioether (sulfide) groups is 1. The Bertz CT molecular complexity index is 1060. The molecular weight excluding hydrogens is 434 g/mol. The second kappa shape index (κ2) is 9.62. The topological polar surface area (TPSA) is 81.1 Å². The van der Waals surface area contributed by atoms with Gasteiger partial charge in [0.05, 0.1) is 18.2 Å². The molecule has 2 N–H and O–H groups in total. The maximum Gasteiger partial charge on any atom is 0.236 e. The molecule has 2 heterocycles. The summed E-state index contributed by atoms with van der Waals surface area (Å²) >= 11 is 7.79. The number of halogens is 1. The lowest BCUT2D eigenvalue weighted by Crippen LogP contribution is -2.44. The molecule has 31 heavy (non-hydrogen) atoms. The zero-order chi connectivity index (χ0) is 21.8. The monoisotopic (exact) mass is 457 g/mol. The lowest BCUT2D eigenvalue weighted by atomic mass is 10.0. The van der Waals surface area contributed by atoms with Crippen molar-refractivity contribution >= 4 is 29.3 Å². The summed E-state index contributed by atoms with van der Waals surface area (Å²) in [6, 6.07) is 15.1. The summed E-state index contributed by atoms with van der Waals surface area (Å²) in [6.07, 6.45) is 1.95. The van der Waals surface area contributed by atoms with Crippen molar-refractivity contribution in [1.29, 1.82) is 0 Å². The summed E-state index contributed by atoms with van der Waals surface area (Å²) in [5.41, 5.74) is 5.28. The number of carbonyl (C=O) groups excluding carboxylic acids is 1. The standard InChI is InChI=1S/C22H24ClN5O2S/c1-3-4-12-24-21(29)19-18(15-10-11-17(30-2)16(23)13-15)27-28-20(25-26-22(28)31-19)14-8-6-5-7-9-14/h5-11,13,18-19,27H,3-4,12H2,1-2H3,(H,24,29)/t18-,19+/m1/s1. The van der Waals surface area contributed by atoms with Crippen LogP contribution in [0.1, 0.15) is 31.4 Å². The quantitative estimate of drug-likeness (QED) is 0.515. The molecule has 0 bridgehead atoms. The SMILES string of the molecule is CCCCNC(=O)[C@H]1Sc2nnc(-c3ccccc3)n2N[C@@H]1c1ccc(OC)c(Cl)c1. The molecular formula is C22H24ClN5O2S. The van der Waals surface area contributed by atoms with E-state index in [9.17, 15) is 4.79 Å². The highest BCUT2D eigenvalue weighted by Gasteiger charge is 2.38. The Morgan fingerprint density at radius 2 is 2.06 bits per heavy atom. The Morgan fingerprint density at radius 3 is 2.77 bits per heavy atom. The molecule has 1 aliphatic heterocycles. The molecule has 4 rings (SSSR count). The van der Waals surface area contributed by atoms with Crippen molar-refractivity contribution in [1.82, 2.24) is 20.2 Å². The van der Waals surface area contributed by atoms with Crippen molar-refractivity contribution in [2.24, 2.45) is 0 Å². The molecule has 7 nitrogen and oxygen atoms in total. The maximum atomic E-state index is 13.1. The van der Waals surface area contributed by atoms with Crippen molar-refractivity contribution < 1.29 is 9.53 Å². The predicted molar refractivity (Wildman–Crippen MR) is 123 cm³/mol. The first-order chi connectivity index (χ1) is 15.1. The van der Waals surface area contributed by atoms with Crippen molar-refractivity contribution in [3.8, 4) is 17.1 Å². The van der Waals surface area contributed by atoms with Crippen LogP contribution in [0.25, 0.3) is 11.4 Å². The number of fused-ring (bicyclic) bond motifs is 1. The normalized spacial score (nSPS) is 17.5. The van der Waals surface area contributed by atoms with Gasteiger partial charge in [0.2, 0.25) is 11.1 Å². The Hall–Kier alpha value is -2.71. The molecule has 0 radical (unpaired) electrons. The minimum Gasteiger partial charge on any atom is -0.495 e. The van der Waals surface area contributed by atoms with E-state index in [1.807, 2.05) is 53.2 Å². The number of rotatable bonds is 7. The van der Waals surface area contributed by atoms with Crippen molar-refractivity contribution in [2.45, 2.75) is 36.2 Å². The molecule has 1 aromatic heterocycles. The molecule has 2 atom stereocenters. The van der Waals surface area contributed by atoms with Gasteiger partial charge in [-0.1, -0.05) is 73.1 Å². The van der Waals surface area contributed by atoms with Crippen molar-refractivity contribution in [3.05, 3.63) is 59.1 Å². The lowest BCUT2D eigenvalue weighted by molar-refractivity contribution is -0.120. The largest absolute Gasteiger partial charge is 0.495 e. The first kappa shape index (κ1) is 21.5. The van der Waals surface area contributed by atoms with E-state index in [-0.39, 0.29) is 11.9 Å². The van der Waals surface area contributed by atoms with Gasteiger partial charge in [-0.25, -0.2) is 4.68 Å². The van der Waals surface area contributed by atoms with E-state index in [1.165, 1.54) is 11.8 Å². The average Bonchev–Trinajstić information content (AvgIpc) is 3.22. The minimum atomic E-state index is -0.429. The first-order valence-electron chi connectivity index (χ1n) is 10.2. The number of aromatic nitrogens is 3. The van der Waals surface area contributed by atoms with Gasteiger partial charge in [-0.3, -0.25) is 4.79 Å². The number of ether oxygens (including phenoxy) is 1. The van der Waals surface area contributed by atoms with Gasteiger partial charge < -0.3 is 15.5 Å². The van der Waals surface area contributed by atoms with Gasteiger partial charge >= 0.3 is 0 Å². The van der Waals surface area contributed by atoms with E-state index in [2.05, 4.69) is 27.9 Å². The van der Waals surface area contributed by atoms with Crippen LogP contribution in [0.4, 0.5) is 0 Å². The molecule has 1 aliphatic rings. The van der Waals surface area contributed by atoms with Gasteiger partial charge in [-0.2, -0.15) is 0 Å². The molecule has 0 spiro atoms. The number of hydrogen-bond donors (Lipinski definition) is 2. The number of nitrogens with one attached hydrogen (secondary N) is 2. The Kier molecular flexibility index (Phi) is 6.67. The van der Waals surface area contributed by atoms with Gasteiger partial charge in [0, 0.05) is 12.1 Å². The Morgan fingerprint density at radius 1 is 1.26 bits per heavy atom. The average molecular weight is 458 g/mol. The summed E-state index contributed by atoms with van der Waals surface area (Å²) in [5, 5.41) is 12.4. The fraction of sp³-hybridized carbons (Fsp3) is 0.318. The minimum absolute atomic E-state index is 0.0431. The second-order valence-corrected chi connectivity index (χ2v) is 8.71. The van der Waals surface area contributed by atoms with Crippen LogP contribution in [0, 0.1) is 0 Å². The van der Waals surface area contributed by atoms with Gasteiger partial charge in [0.15, 0.2) is 5.82 Å². The third-order valence-electron chi connectivity index (χ3n) is 5.09. The number of methoxy groups -OCH3 is 1. The summed E-state index contributed by atoms with van der Waals surface area (Å²) in [4.78, 5) is 13.1. The highest BCUT2D eigenvalue weighted by molar-refractivity contribution is 8.00. The number of carbonyl (C=O) groups is 1. The van der Waals surface area contributed by atoms with Crippen LogP contribution in [0.2, 0.25) is 5.02 Å². The number of hydrogen-bond acceptors (Lipinski definition) is 6. The summed E-state index contributed by atoms with van der Waals surface area (Å²) < 4.78 is 7.13. The highest BCUT2D eigenvalue weighted by atomic mass is 35.5. The van der Waals surface area contributed by atoms with Crippen LogP contribution in [0.3, 0.4) is 0 Å². The van der Waals surface area contributed by atoms with E-state index >= 15 is 0 Å². The van der Waals surface area contributed by atoms with Crippen molar-refractivity contribution in [3.63, 3.8) is 0 Å². The summed E-state index contributed by atoms with van der Waals surface area (Å²) in [5.74, 6) is 1.24. The zero-order valence-corrected chi connectivity index (χ0v) is 18.9. The van der Waals surface area contributed by atoms with E-state index < -0.39 is 5.25 Å². The van der Waals surface area contributed by atoms with Crippen LogP contribution in [-0.4, -0.2) is 39.7 Å². The lowest BCUT2D eigenvalue weighted by Gasteiger charge is -2.33. The van der Waals surface area contributed by atoms with Crippen LogP contribution >= 0.6 is 23.4 Å². The molecule has 9 heteroatoms. The predicted octanol–water partition coefficient (Wildman–Crippen LogP) is 4.28. The first-order valence-corrected chi connectivity index (χ1v) is 11.4. The molecule has 1 amide bonds. The smallest absolute Gasteiger partial charge is 0.236 e. The zero-order valence-electron chi connectivity index (χ0n) is 17.3. The Balaban J connectivity index is 1.70. The number of benzene rings is 2. The maximum absolute atomic E-state index is 13.1. The molecule has 162 valence electrons. The van der Waals surface area contributed by atoms with Crippen LogP contribution in [0.15, 0.2) is 53.7 Å². The van der Waals surface area contributed by atoms with Gasteiger partial charge in [-0.05, 0) is 24.1 Å². The van der Waals surface area contributed by atoms with Crippen LogP contribution < -0.4 is 15.5 Å². The molecule has 0 saturated carbocycles. The molecule has 2 aromatic carbocycles. The fourth-order valence-corrected chi connectivity index (χ4v) is 4.81. The van der Waals surface area contributed by atoms with Gasteiger partial charge in [0.1, 0.15) is 11.0 Å². The molecule has 0 unspecified atom stereocenters.